The molecule has 19 heavy (non-hydrogen) atoms. The number of rotatable bonds is 7. The molecular weight excluding hydrogens is 361 g/mol. The Labute approximate surface area is 126 Å². The van der Waals surface area contributed by atoms with Crippen molar-refractivity contribution in [3.8, 4) is 11.5 Å². The van der Waals surface area contributed by atoms with Gasteiger partial charge < -0.3 is 19.5 Å². The van der Waals surface area contributed by atoms with E-state index in [1.54, 1.807) is 19.2 Å². The molecule has 0 saturated heterocycles. The Morgan fingerprint density at radius 3 is 2.68 bits per heavy atom. The molecule has 0 aliphatic carbocycles. The Hall–Kier alpha value is -1.02. The van der Waals surface area contributed by atoms with Crippen LogP contribution in [0.15, 0.2) is 12.1 Å². The Kier molecular flexibility index (Phi) is 6.93. The van der Waals surface area contributed by atoms with E-state index in [1.165, 1.54) is 7.11 Å². The zero-order chi connectivity index (χ0) is 14.3. The number of methoxy groups -OCH3 is 2. The van der Waals surface area contributed by atoms with Gasteiger partial charge in [-0.3, -0.25) is 4.79 Å². The molecule has 0 aromatic heterocycles. The molecule has 0 spiro atoms. The summed E-state index contributed by atoms with van der Waals surface area (Å²) in [6.07, 6.45) is 0.894. The fourth-order valence-electron chi connectivity index (χ4n) is 1.46. The summed E-state index contributed by atoms with van der Waals surface area (Å²) >= 11 is 2.08. The van der Waals surface area contributed by atoms with Crippen molar-refractivity contribution < 1.29 is 19.0 Å². The number of carbonyl (C=O) groups excluding carboxylic acids is 1. The lowest BCUT2D eigenvalue weighted by Gasteiger charge is -2.14. The SMILES string of the molecule is CCCNC(=O)c1ccc(OC)c(OCOC)c1I. The summed E-state index contributed by atoms with van der Waals surface area (Å²) in [4.78, 5) is 12.0. The third-order valence-corrected chi connectivity index (χ3v) is 3.45. The molecule has 1 rings (SSSR count). The quantitative estimate of drug-likeness (QED) is 0.584. The Balaban J connectivity index is 3.03. The van der Waals surface area contributed by atoms with Crippen molar-refractivity contribution in [1.82, 2.24) is 5.32 Å². The first-order valence-corrected chi connectivity index (χ1v) is 7.00. The van der Waals surface area contributed by atoms with Crippen LogP contribution in [0, 0.1) is 3.57 Å². The van der Waals surface area contributed by atoms with Gasteiger partial charge in [0.1, 0.15) is 0 Å². The number of hydrogen-bond donors (Lipinski definition) is 1. The number of carbonyl (C=O) groups is 1. The van der Waals surface area contributed by atoms with Crippen LogP contribution in [0.3, 0.4) is 0 Å². The molecule has 0 aliphatic rings. The van der Waals surface area contributed by atoms with Crippen LogP contribution in [0.5, 0.6) is 11.5 Å². The predicted octanol–water partition coefficient (Wildman–Crippen LogP) is 2.42. The fraction of sp³-hybridized carbons (Fsp3) is 0.462. The molecule has 0 fully saturated rings. The van der Waals surface area contributed by atoms with Crippen molar-refractivity contribution in [3.63, 3.8) is 0 Å². The predicted molar refractivity (Wildman–Crippen MR) is 80.8 cm³/mol. The van der Waals surface area contributed by atoms with Gasteiger partial charge in [-0.25, -0.2) is 0 Å². The lowest BCUT2D eigenvalue weighted by molar-refractivity contribution is 0.0483. The summed E-state index contributed by atoms with van der Waals surface area (Å²) in [5.41, 5.74) is 0.570. The van der Waals surface area contributed by atoms with Crippen LogP contribution in [0.2, 0.25) is 0 Å². The van der Waals surface area contributed by atoms with Crippen molar-refractivity contribution >= 4 is 28.5 Å². The number of hydrogen-bond acceptors (Lipinski definition) is 4. The molecule has 0 bridgehead atoms. The Bertz CT molecular complexity index is 437. The molecule has 0 atom stereocenters. The van der Waals surface area contributed by atoms with Gasteiger partial charge in [-0.2, -0.15) is 0 Å². The molecule has 1 amide bonds. The van der Waals surface area contributed by atoms with Gasteiger partial charge in [-0.15, -0.1) is 0 Å². The highest BCUT2D eigenvalue weighted by molar-refractivity contribution is 14.1. The van der Waals surface area contributed by atoms with Crippen molar-refractivity contribution in [3.05, 3.63) is 21.3 Å². The maximum absolute atomic E-state index is 12.0. The van der Waals surface area contributed by atoms with E-state index in [0.717, 1.165) is 6.42 Å². The van der Waals surface area contributed by atoms with Gasteiger partial charge in [-0.05, 0) is 41.1 Å². The highest BCUT2D eigenvalue weighted by atomic mass is 127. The van der Waals surface area contributed by atoms with Gasteiger partial charge in [0.2, 0.25) is 0 Å². The average Bonchev–Trinajstić information content (AvgIpc) is 2.43. The van der Waals surface area contributed by atoms with Crippen LogP contribution in [0.25, 0.3) is 0 Å². The van der Waals surface area contributed by atoms with Gasteiger partial charge in [0.25, 0.3) is 5.91 Å². The summed E-state index contributed by atoms with van der Waals surface area (Å²) < 4.78 is 16.3. The van der Waals surface area contributed by atoms with Gasteiger partial charge in [0.05, 0.1) is 16.2 Å². The Morgan fingerprint density at radius 2 is 2.11 bits per heavy atom. The van der Waals surface area contributed by atoms with Gasteiger partial charge in [0, 0.05) is 13.7 Å². The number of ether oxygens (including phenoxy) is 3. The van der Waals surface area contributed by atoms with E-state index < -0.39 is 0 Å². The molecule has 0 radical (unpaired) electrons. The molecule has 5 nitrogen and oxygen atoms in total. The second-order valence-corrected chi connectivity index (χ2v) is 4.84. The first-order chi connectivity index (χ1) is 9.15. The van der Waals surface area contributed by atoms with E-state index in [0.29, 0.717) is 27.2 Å². The minimum atomic E-state index is -0.115. The highest BCUT2D eigenvalue weighted by Gasteiger charge is 2.17. The largest absolute Gasteiger partial charge is 0.493 e. The van der Waals surface area contributed by atoms with Crippen molar-refractivity contribution in [2.45, 2.75) is 13.3 Å². The van der Waals surface area contributed by atoms with Crippen LogP contribution >= 0.6 is 22.6 Å². The number of nitrogens with one attached hydrogen (secondary N) is 1. The number of halogens is 1. The van der Waals surface area contributed by atoms with Crippen LogP contribution in [-0.4, -0.2) is 33.5 Å². The first-order valence-electron chi connectivity index (χ1n) is 5.92. The topological polar surface area (TPSA) is 56.8 Å². The third-order valence-electron chi connectivity index (χ3n) is 2.38. The second-order valence-electron chi connectivity index (χ2n) is 3.77. The standard InChI is InChI=1S/C13H18INO4/c1-4-7-15-13(16)9-5-6-10(18-3)12(11(9)14)19-8-17-2/h5-6H,4,7-8H2,1-3H3,(H,15,16). The van der Waals surface area contributed by atoms with E-state index in [1.807, 2.05) is 6.92 Å². The van der Waals surface area contributed by atoms with Crippen molar-refractivity contribution in [1.29, 1.82) is 0 Å². The van der Waals surface area contributed by atoms with E-state index in [9.17, 15) is 4.79 Å². The molecule has 0 unspecified atom stereocenters. The summed E-state index contributed by atoms with van der Waals surface area (Å²) in [7, 11) is 3.10. The van der Waals surface area contributed by atoms with Gasteiger partial charge >= 0.3 is 0 Å². The Morgan fingerprint density at radius 1 is 1.37 bits per heavy atom. The van der Waals surface area contributed by atoms with E-state index >= 15 is 0 Å². The average molecular weight is 379 g/mol. The molecule has 1 aromatic carbocycles. The van der Waals surface area contributed by atoms with Crippen LogP contribution in [0.1, 0.15) is 23.7 Å². The molecular formula is C13H18INO4. The van der Waals surface area contributed by atoms with Crippen LogP contribution in [-0.2, 0) is 4.74 Å². The zero-order valence-corrected chi connectivity index (χ0v) is 13.4. The normalized spacial score (nSPS) is 10.1. The summed E-state index contributed by atoms with van der Waals surface area (Å²) in [5.74, 6) is 0.985. The maximum atomic E-state index is 12.0. The van der Waals surface area contributed by atoms with Gasteiger partial charge in [-0.1, -0.05) is 6.92 Å². The van der Waals surface area contributed by atoms with E-state index in [4.69, 9.17) is 14.2 Å². The monoisotopic (exact) mass is 379 g/mol. The van der Waals surface area contributed by atoms with Crippen molar-refractivity contribution in [2.24, 2.45) is 0 Å². The number of amides is 1. The third kappa shape index (κ3) is 4.24. The van der Waals surface area contributed by atoms with E-state index in [-0.39, 0.29) is 12.7 Å². The first kappa shape index (κ1) is 16.0. The van der Waals surface area contributed by atoms with Crippen LogP contribution < -0.4 is 14.8 Å². The molecule has 106 valence electrons. The molecule has 0 saturated carbocycles. The molecule has 1 aromatic rings. The molecule has 0 aliphatic heterocycles. The maximum Gasteiger partial charge on any atom is 0.252 e. The minimum Gasteiger partial charge on any atom is -0.493 e. The highest BCUT2D eigenvalue weighted by Crippen LogP contribution is 2.34. The lowest BCUT2D eigenvalue weighted by atomic mass is 10.2. The second kappa shape index (κ2) is 8.21. The summed E-state index contributed by atoms with van der Waals surface area (Å²) in [6, 6.07) is 3.44. The van der Waals surface area contributed by atoms with Gasteiger partial charge in [0.15, 0.2) is 18.3 Å². The zero-order valence-electron chi connectivity index (χ0n) is 11.3. The summed E-state index contributed by atoms with van der Waals surface area (Å²) in [5, 5.41) is 2.84. The molecule has 0 heterocycles. The minimum absolute atomic E-state index is 0.104. The smallest absolute Gasteiger partial charge is 0.252 e. The van der Waals surface area contributed by atoms with Crippen molar-refractivity contribution in [2.75, 3.05) is 27.6 Å². The molecule has 1 N–H and O–H groups in total. The number of benzene rings is 1. The van der Waals surface area contributed by atoms with E-state index in [2.05, 4.69) is 27.9 Å². The lowest BCUT2D eigenvalue weighted by Crippen LogP contribution is -2.25. The molecule has 6 heteroatoms. The summed E-state index contributed by atoms with van der Waals surface area (Å²) in [6.45, 7) is 2.76. The van der Waals surface area contributed by atoms with Crippen LogP contribution in [0.4, 0.5) is 0 Å². The fourth-order valence-corrected chi connectivity index (χ4v) is 2.31.